The summed E-state index contributed by atoms with van der Waals surface area (Å²) < 4.78 is 13.8. The highest BCUT2D eigenvalue weighted by Crippen LogP contribution is 2.36. The molecule has 9 nitrogen and oxygen atoms in total. The second-order valence-electron chi connectivity index (χ2n) is 8.88. The van der Waals surface area contributed by atoms with Gasteiger partial charge in [-0.2, -0.15) is 0 Å². The average molecular weight is 477 g/mol. The molecule has 35 heavy (non-hydrogen) atoms. The number of halogens is 1. The van der Waals surface area contributed by atoms with Gasteiger partial charge in [0, 0.05) is 49.8 Å². The molecule has 0 spiro atoms. The van der Waals surface area contributed by atoms with Crippen molar-refractivity contribution in [1.29, 1.82) is 0 Å². The van der Waals surface area contributed by atoms with Crippen molar-refractivity contribution in [3.05, 3.63) is 49.1 Å². The summed E-state index contributed by atoms with van der Waals surface area (Å²) in [6.45, 7) is 6.75. The summed E-state index contributed by atoms with van der Waals surface area (Å²) in [5.74, 6) is 1.72. The summed E-state index contributed by atoms with van der Waals surface area (Å²) in [6, 6.07) is 7.44. The molecule has 1 N–H and O–H groups in total. The Morgan fingerprint density at radius 3 is 2.77 bits per heavy atom. The van der Waals surface area contributed by atoms with Crippen LogP contribution in [0.2, 0.25) is 0 Å². The third kappa shape index (κ3) is 4.73. The Labute approximate surface area is 204 Å². The molecule has 5 rings (SSSR count). The number of pyridine rings is 2. The van der Waals surface area contributed by atoms with Gasteiger partial charge in [0.2, 0.25) is 0 Å². The number of aromatic nitrogens is 4. The summed E-state index contributed by atoms with van der Waals surface area (Å²) in [5.41, 5.74) is 2.50. The van der Waals surface area contributed by atoms with E-state index in [9.17, 15) is 9.18 Å². The number of amides is 2. The van der Waals surface area contributed by atoms with Gasteiger partial charge in [-0.15, -0.1) is 0 Å². The van der Waals surface area contributed by atoms with E-state index in [1.165, 1.54) is 12.4 Å². The lowest BCUT2D eigenvalue weighted by atomic mass is 10.1. The lowest BCUT2D eigenvalue weighted by Crippen LogP contribution is -2.42. The predicted molar refractivity (Wildman–Crippen MR) is 135 cm³/mol. The molecular formula is C25H29FN8O. The molecule has 182 valence electrons. The number of urea groups is 1. The number of nitrogens with one attached hydrogen (secondary N) is 1. The molecule has 0 saturated carbocycles. The molecule has 0 unspecified atom stereocenters. The molecule has 1 saturated heterocycles. The average Bonchev–Trinajstić information content (AvgIpc) is 3.26. The van der Waals surface area contributed by atoms with Crippen LogP contribution in [0.3, 0.4) is 0 Å². The van der Waals surface area contributed by atoms with Crippen molar-refractivity contribution in [1.82, 2.24) is 19.9 Å². The van der Waals surface area contributed by atoms with Crippen LogP contribution in [-0.4, -0.2) is 64.4 Å². The lowest BCUT2D eigenvalue weighted by Gasteiger charge is -2.28. The van der Waals surface area contributed by atoms with Crippen molar-refractivity contribution in [2.45, 2.75) is 38.9 Å². The third-order valence-electron chi connectivity index (χ3n) is 6.58. The lowest BCUT2D eigenvalue weighted by molar-refractivity contribution is 0.255. The molecule has 5 heterocycles. The van der Waals surface area contributed by atoms with Gasteiger partial charge < -0.3 is 9.80 Å². The minimum atomic E-state index is -0.825. The Morgan fingerprint density at radius 2 is 2.03 bits per heavy atom. The number of rotatable bonds is 4. The predicted octanol–water partition coefficient (Wildman–Crippen LogP) is 4.14. The van der Waals surface area contributed by atoms with Gasteiger partial charge in [0.1, 0.15) is 12.0 Å². The van der Waals surface area contributed by atoms with E-state index in [2.05, 4.69) is 32.1 Å². The van der Waals surface area contributed by atoms with Crippen LogP contribution in [0.5, 0.6) is 0 Å². The maximum Gasteiger partial charge on any atom is 0.329 e. The summed E-state index contributed by atoms with van der Waals surface area (Å²) in [4.78, 5) is 37.0. The van der Waals surface area contributed by atoms with Crippen LogP contribution in [0.1, 0.15) is 26.7 Å². The maximum atomic E-state index is 13.8. The molecule has 1 fully saturated rings. The molecule has 3 aromatic rings. The molecule has 2 amide bonds. The van der Waals surface area contributed by atoms with Crippen molar-refractivity contribution in [3.63, 3.8) is 0 Å². The van der Waals surface area contributed by atoms with Gasteiger partial charge in [0.05, 0.1) is 24.1 Å². The number of carbonyl (C=O) groups excluding carboxylic acids is 1. The van der Waals surface area contributed by atoms with E-state index in [1.807, 2.05) is 36.1 Å². The zero-order valence-corrected chi connectivity index (χ0v) is 19.9. The van der Waals surface area contributed by atoms with E-state index in [4.69, 9.17) is 4.98 Å². The fourth-order valence-electron chi connectivity index (χ4n) is 4.66. The van der Waals surface area contributed by atoms with E-state index in [1.54, 1.807) is 17.3 Å². The first-order valence-electron chi connectivity index (χ1n) is 12.0. The second kappa shape index (κ2) is 9.81. The molecule has 0 radical (unpaired) electrons. The molecule has 10 heteroatoms. The molecule has 0 bridgehead atoms. The molecule has 3 aromatic heterocycles. The molecule has 2 aliphatic heterocycles. The Bertz CT molecular complexity index is 1190. The Kier molecular flexibility index (Phi) is 6.43. The fraction of sp³-hybridized carbons (Fsp3) is 0.400. The second-order valence-corrected chi connectivity index (χ2v) is 8.88. The number of hydrogen-bond donors (Lipinski definition) is 1. The standard InChI is InChI=1S/C25H29FN8O/c1-3-32-12-7-17(2)34(25(35)31-22-15-27-10-11-28-22)24-21(32)5-4-20(30-24)18-6-9-29-23(14-18)33-13-8-19(26)16-33/h4-6,9-11,14-15,17,19H,3,7-8,12-13,16H2,1-2H3,(H,28,31,35)/t17-,19-/m1/s1. The van der Waals surface area contributed by atoms with Gasteiger partial charge in [0.25, 0.3) is 0 Å². The number of nitrogens with zero attached hydrogens (tertiary/aromatic N) is 7. The first-order chi connectivity index (χ1) is 17.0. The highest BCUT2D eigenvalue weighted by molar-refractivity contribution is 6.03. The Balaban J connectivity index is 1.53. The minimum absolute atomic E-state index is 0.0798. The van der Waals surface area contributed by atoms with E-state index in [-0.39, 0.29) is 12.1 Å². The number of hydrogen-bond acceptors (Lipinski definition) is 7. The van der Waals surface area contributed by atoms with Crippen LogP contribution in [0.4, 0.5) is 32.3 Å². The first-order valence-corrected chi connectivity index (χ1v) is 12.0. The van der Waals surface area contributed by atoms with Gasteiger partial charge in [-0.1, -0.05) is 0 Å². The van der Waals surface area contributed by atoms with Gasteiger partial charge >= 0.3 is 6.03 Å². The van der Waals surface area contributed by atoms with Crippen molar-refractivity contribution in [2.24, 2.45) is 0 Å². The van der Waals surface area contributed by atoms with E-state index < -0.39 is 6.17 Å². The summed E-state index contributed by atoms with van der Waals surface area (Å²) >= 11 is 0. The quantitative estimate of drug-likeness (QED) is 0.605. The minimum Gasteiger partial charge on any atom is -0.369 e. The van der Waals surface area contributed by atoms with Crippen LogP contribution in [-0.2, 0) is 0 Å². The largest absolute Gasteiger partial charge is 0.369 e. The summed E-state index contributed by atoms with van der Waals surface area (Å²) in [6.07, 6.45) is 6.83. The Hall–Kier alpha value is -3.82. The zero-order chi connectivity index (χ0) is 24.4. The highest BCUT2D eigenvalue weighted by Gasteiger charge is 2.31. The molecule has 0 aliphatic carbocycles. The van der Waals surface area contributed by atoms with Crippen LogP contribution in [0.15, 0.2) is 49.1 Å². The molecule has 2 aliphatic rings. The number of carbonyl (C=O) groups is 1. The number of alkyl halides is 1. The zero-order valence-electron chi connectivity index (χ0n) is 19.9. The molecule has 2 atom stereocenters. The van der Waals surface area contributed by atoms with Crippen molar-refractivity contribution in [3.8, 4) is 11.3 Å². The number of anilines is 4. The Morgan fingerprint density at radius 1 is 1.14 bits per heavy atom. The van der Waals surface area contributed by atoms with Gasteiger partial charge in [-0.3, -0.25) is 15.2 Å². The van der Waals surface area contributed by atoms with Gasteiger partial charge in [-0.05, 0) is 51.0 Å². The van der Waals surface area contributed by atoms with E-state index in [0.717, 1.165) is 42.3 Å². The smallest absolute Gasteiger partial charge is 0.329 e. The maximum absolute atomic E-state index is 13.8. The summed E-state index contributed by atoms with van der Waals surface area (Å²) in [7, 11) is 0. The van der Waals surface area contributed by atoms with Crippen LogP contribution in [0.25, 0.3) is 11.3 Å². The molecular weight excluding hydrogens is 447 g/mol. The monoisotopic (exact) mass is 476 g/mol. The molecule has 0 aromatic carbocycles. The van der Waals surface area contributed by atoms with Crippen LogP contribution in [0, 0.1) is 0 Å². The van der Waals surface area contributed by atoms with Crippen LogP contribution >= 0.6 is 0 Å². The van der Waals surface area contributed by atoms with Crippen molar-refractivity contribution < 1.29 is 9.18 Å². The van der Waals surface area contributed by atoms with Gasteiger partial charge in [0.15, 0.2) is 11.6 Å². The van der Waals surface area contributed by atoms with E-state index >= 15 is 0 Å². The van der Waals surface area contributed by atoms with Crippen molar-refractivity contribution in [2.75, 3.05) is 46.2 Å². The van der Waals surface area contributed by atoms with Crippen molar-refractivity contribution >= 4 is 29.2 Å². The SMILES string of the molecule is CCN1CC[C@@H](C)N(C(=O)Nc2cnccn2)c2nc(-c3ccnc(N4CC[C@@H](F)C4)c3)ccc21. The normalized spacial score (nSPS) is 19.9. The van der Waals surface area contributed by atoms with Gasteiger partial charge in [-0.25, -0.2) is 24.1 Å². The highest BCUT2D eigenvalue weighted by atomic mass is 19.1. The third-order valence-corrected chi connectivity index (χ3v) is 6.58. The van der Waals surface area contributed by atoms with Crippen LogP contribution < -0.4 is 20.0 Å². The fourth-order valence-corrected chi connectivity index (χ4v) is 4.66. The number of fused-ring (bicyclic) bond motifs is 1. The van der Waals surface area contributed by atoms with E-state index in [0.29, 0.717) is 31.1 Å². The topological polar surface area (TPSA) is 90.4 Å². The summed E-state index contributed by atoms with van der Waals surface area (Å²) in [5, 5.41) is 2.86. The first kappa shape index (κ1) is 22.9.